The van der Waals surface area contributed by atoms with Crippen LogP contribution in [0.5, 0.6) is 0 Å². The third-order valence-electron chi connectivity index (χ3n) is 2.86. The lowest BCUT2D eigenvalue weighted by molar-refractivity contribution is -0.136. The molecule has 8 heteroatoms. The van der Waals surface area contributed by atoms with Gasteiger partial charge in [0.15, 0.2) is 0 Å². The Balaban J connectivity index is 2.24. The summed E-state index contributed by atoms with van der Waals surface area (Å²) in [5.74, 6) is -0.178. The van der Waals surface area contributed by atoms with E-state index in [1.54, 1.807) is 0 Å². The Hall–Kier alpha value is -1.96. The zero-order valence-corrected chi connectivity index (χ0v) is 12.3. The van der Waals surface area contributed by atoms with Gasteiger partial charge in [0.05, 0.1) is 6.42 Å². The number of amides is 1. The highest BCUT2D eigenvalue weighted by atomic mass is 32.1. The molecule has 0 atom stereocenters. The van der Waals surface area contributed by atoms with E-state index in [1.165, 1.54) is 11.3 Å². The second-order valence-corrected chi connectivity index (χ2v) is 5.72. The van der Waals surface area contributed by atoms with Crippen molar-refractivity contribution in [2.75, 3.05) is 6.54 Å². The lowest BCUT2D eigenvalue weighted by atomic mass is 10.2. The molecule has 0 spiro atoms. The first kappa shape index (κ1) is 14.4. The second-order valence-electron chi connectivity index (χ2n) is 4.75. The molecule has 0 radical (unpaired) electrons. The molecule has 0 aromatic carbocycles. The van der Waals surface area contributed by atoms with Gasteiger partial charge < -0.3 is 10.4 Å². The summed E-state index contributed by atoms with van der Waals surface area (Å²) < 4.78 is 1.88. The monoisotopic (exact) mass is 296 g/mol. The van der Waals surface area contributed by atoms with Gasteiger partial charge in [-0.2, -0.15) is 0 Å². The van der Waals surface area contributed by atoms with Gasteiger partial charge >= 0.3 is 5.97 Å². The number of hydrogen-bond donors (Lipinski definition) is 2. The van der Waals surface area contributed by atoms with Crippen molar-refractivity contribution in [3.05, 3.63) is 16.4 Å². The average Bonchev–Trinajstić information content (AvgIpc) is 2.89. The number of aryl methyl sites for hydroxylation is 1. The number of aromatic nitrogens is 3. The summed E-state index contributed by atoms with van der Waals surface area (Å²) in [5.41, 5.74) is 0.784. The van der Waals surface area contributed by atoms with E-state index in [9.17, 15) is 9.59 Å². The Labute approximate surface area is 119 Å². The van der Waals surface area contributed by atoms with E-state index in [1.807, 2.05) is 25.2 Å². The van der Waals surface area contributed by atoms with E-state index in [0.717, 1.165) is 11.5 Å². The van der Waals surface area contributed by atoms with E-state index in [4.69, 9.17) is 5.11 Å². The Morgan fingerprint density at radius 3 is 2.70 bits per heavy atom. The molecule has 0 aliphatic carbocycles. The Bertz CT molecular complexity index is 659. The SMILES string of the molecule is Cc1c(C(=O)NCCC(=O)O)sc2nnc(C(C)C)n12. The van der Waals surface area contributed by atoms with Crippen LogP contribution >= 0.6 is 11.3 Å². The molecule has 1 amide bonds. The number of nitrogens with one attached hydrogen (secondary N) is 1. The van der Waals surface area contributed by atoms with E-state index in [0.29, 0.717) is 9.84 Å². The Kier molecular flexibility index (Phi) is 4.03. The standard InChI is InChI=1S/C12H16N4O3S/c1-6(2)10-14-15-12-16(10)7(3)9(20-12)11(19)13-5-4-8(17)18/h6H,4-5H2,1-3H3,(H,13,19)(H,17,18). The third-order valence-corrected chi connectivity index (χ3v) is 3.99. The minimum atomic E-state index is -0.936. The van der Waals surface area contributed by atoms with Crippen molar-refractivity contribution >= 4 is 28.2 Å². The quantitative estimate of drug-likeness (QED) is 0.870. The van der Waals surface area contributed by atoms with Crippen molar-refractivity contribution in [2.45, 2.75) is 33.1 Å². The fraction of sp³-hybridized carbons (Fsp3) is 0.500. The summed E-state index contributed by atoms with van der Waals surface area (Å²) in [6, 6.07) is 0. The first-order chi connectivity index (χ1) is 9.41. The second kappa shape index (κ2) is 5.58. The number of thiazole rings is 1. The van der Waals surface area contributed by atoms with Gasteiger partial charge in [0.25, 0.3) is 5.91 Å². The Morgan fingerprint density at radius 2 is 2.10 bits per heavy atom. The van der Waals surface area contributed by atoms with E-state index in [2.05, 4.69) is 15.5 Å². The topological polar surface area (TPSA) is 96.6 Å². The van der Waals surface area contributed by atoms with E-state index >= 15 is 0 Å². The number of fused-ring (bicyclic) bond motifs is 1. The van der Waals surface area contributed by atoms with Crippen molar-refractivity contribution in [2.24, 2.45) is 0 Å². The molecule has 2 aromatic heterocycles. The molecule has 20 heavy (non-hydrogen) atoms. The molecule has 2 rings (SSSR count). The predicted octanol–water partition coefficient (Wildman–Crippen LogP) is 1.43. The molecule has 2 aromatic rings. The molecule has 0 bridgehead atoms. The van der Waals surface area contributed by atoms with Crippen LogP contribution in [0.15, 0.2) is 0 Å². The van der Waals surface area contributed by atoms with Gasteiger partial charge in [0.2, 0.25) is 4.96 Å². The highest BCUT2D eigenvalue weighted by molar-refractivity contribution is 7.19. The van der Waals surface area contributed by atoms with Crippen LogP contribution in [0, 0.1) is 6.92 Å². The van der Waals surface area contributed by atoms with Crippen LogP contribution in [-0.4, -0.2) is 38.1 Å². The molecule has 0 aliphatic heterocycles. The number of carbonyl (C=O) groups is 2. The Morgan fingerprint density at radius 1 is 1.40 bits per heavy atom. The predicted molar refractivity (Wildman–Crippen MR) is 74.3 cm³/mol. The van der Waals surface area contributed by atoms with E-state index < -0.39 is 5.97 Å². The molecule has 7 nitrogen and oxygen atoms in total. The number of carboxylic acid groups (broad SMARTS) is 1. The fourth-order valence-electron chi connectivity index (χ4n) is 1.88. The summed E-state index contributed by atoms with van der Waals surface area (Å²) in [4.78, 5) is 23.7. The number of carboxylic acids is 1. The van der Waals surface area contributed by atoms with Crippen molar-refractivity contribution in [3.63, 3.8) is 0 Å². The minimum absolute atomic E-state index is 0.0912. The van der Waals surface area contributed by atoms with Crippen molar-refractivity contribution in [1.29, 1.82) is 0 Å². The largest absolute Gasteiger partial charge is 0.481 e. The molecule has 0 aliphatic rings. The lowest BCUT2D eigenvalue weighted by Crippen LogP contribution is -2.26. The molecule has 108 valence electrons. The molecule has 0 fully saturated rings. The lowest BCUT2D eigenvalue weighted by Gasteiger charge is -2.04. The highest BCUT2D eigenvalue weighted by Crippen LogP contribution is 2.25. The molecule has 0 saturated carbocycles. The molecule has 0 unspecified atom stereocenters. The molecule has 2 heterocycles. The van der Waals surface area contributed by atoms with E-state index in [-0.39, 0.29) is 24.8 Å². The van der Waals surface area contributed by atoms with Gasteiger partial charge in [-0.15, -0.1) is 10.2 Å². The van der Waals surface area contributed by atoms with Crippen molar-refractivity contribution in [3.8, 4) is 0 Å². The maximum absolute atomic E-state index is 12.0. The molecule has 2 N–H and O–H groups in total. The van der Waals surface area contributed by atoms with Gasteiger partial charge in [-0.3, -0.25) is 14.0 Å². The first-order valence-electron chi connectivity index (χ1n) is 6.26. The van der Waals surface area contributed by atoms with Crippen LogP contribution < -0.4 is 5.32 Å². The number of rotatable bonds is 5. The summed E-state index contributed by atoms with van der Waals surface area (Å²) in [5, 5.41) is 19.3. The number of aliphatic carboxylic acids is 1. The zero-order chi connectivity index (χ0) is 14.9. The van der Waals surface area contributed by atoms with Gasteiger partial charge in [-0.25, -0.2) is 0 Å². The molecular formula is C12H16N4O3S. The maximum atomic E-state index is 12.0. The summed E-state index contributed by atoms with van der Waals surface area (Å²) in [6.45, 7) is 5.98. The van der Waals surface area contributed by atoms with Crippen molar-refractivity contribution in [1.82, 2.24) is 19.9 Å². The first-order valence-corrected chi connectivity index (χ1v) is 7.08. The average molecular weight is 296 g/mol. The fourth-order valence-corrected chi connectivity index (χ4v) is 2.87. The summed E-state index contributed by atoms with van der Waals surface area (Å²) >= 11 is 1.26. The number of hydrogen-bond acceptors (Lipinski definition) is 5. The summed E-state index contributed by atoms with van der Waals surface area (Å²) in [6.07, 6.45) is -0.0912. The smallest absolute Gasteiger partial charge is 0.305 e. The van der Waals surface area contributed by atoms with Crippen LogP contribution in [0.4, 0.5) is 0 Å². The number of nitrogens with zero attached hydrogens (tertiary/aromatic N) is 3. The van der Waals surface area contributed by atoms with Crippen LogP contribution in [0.2, 0.25) is 0 Å². The molecular weight excluding hydrogens is 280 g/mol. The zero-order valence-electron chi connectivity index (χ0n) is 11.5. The molecule has 0 saturated heterocycles. The van der Waals surface area contributed by atoms with Crippen LogP contribution in [0.1, 0.15) is 47.4 Å². The normalized spacial score (nSPS) is 11.2. The minimum Gasteiger partial charge on any atom is -0.481 e. The third kappa shape index (κ3) is 2.64. The van der Waals surface area contributed by atoms with Gasteiger partial charge in [-0.1, -0.05) is 25.2 Å². The van der Waals surface area contributed by atoms with Gasteiger partial charge in [-0.05, 0) is 6.92 Å². The van der Waals surface area contributed by atoms with Crippen LogP contribution in [0.25, 0.3) is 4.96 Å². The van der Waals surface area contributed by atoms with Crippen LogP contribution in [-0.2, 0) is 4.79 Å². The van der Waals surface area contributed by atoms with Gasteiger partial charge in [0.1, 0.15) is 10.7 Å². The van der Waals surface area contributed by atoms with Gasteiger partial charge in [0, 0.05) is 18.2 Å². The van der Waals surface area contributed by atoms with Crippen LogP contribution in [0.3, 0.4) is 0 Å². The maximum Gasteiger partial charge on any atom is 0.305 e. The number of carbonyl (C=O) groups excluding carboxylic acids is 1. The highest BCUT2D eigenvalue weighted by Gasteiger charge is 2.20. The summed E-state index contributed by atoms with van der Waals surface area (Å²) in [7, 11) is 0. The van der Waals surface area contributed by atoms with Crippen molar-refractivity contribution < 1.29 is 14.7 Å².